The molecule has 1 aromatic rings. The predicted octanol–water partition coefficient (Wildman–Crippen LogP) is 1.29. The van der Waals surface area contributed by atoms with Crippen LogP contribution >= 0.6 is 11.8 Å². The number of anilines is 1. The van der Waals surface area contributed by atoms with Gasteiger partial charge in [0.15, 0.2) is 0 Å². The van der Waals surface area contributed by atoms with Crippen molar-refractivity contribution in [1.82, 2.24) is 5.32 Å². The lowest BCUT2D eigenvalue weighted by molar-refractivity contribution is -0.120. The van der Waals surface area contributed by atoms with E-state index >= 15 is 0 Å². The fourth-order valence-corrected chi connectivity index (χ4v) is 1.48. The summed E-state index contributed by atoms with van der Waals surface area (Å²) >= 11 is 1.72. The first-order valence-electron chi connectivity index (χ1n) is 4.82. The first kappa shape index (κ1) is 11.9. The van der Waals surface area contributed by atoms with Crippen LogP contribution in [0.5, 0.6) is 0 Å². The van der Waals surface area contributed by atoms with Gasteiger partial charge in [0.1, 0.15) is 0 Å². The topological polar surface area (TPSA) is 55.1 Å². The normalized spacial score (nSPS) is 9.93. The van der Waals surface area contributed by atoms with E-state index in [0.29, 0.717) is 6.42 Å². The summed E-state index contributed by atoms with van der Waals surface area (Å²) in [6, 6.07) is 7.38. The molecule has 0 saturated carbocycles. The Morgan fingerprint density at radius 1 is 1.40 bits per heavy atom. The Hall–Kier alpha value is -1.16. The van der Waals surface area contributed by atoms with Crippen LogP contribution in [-0.4, -0.2) is 24.5 Å². The van der Waals surface area contributed by atoms with Gasteiger partial charge in [0.05, 0.1) is 6.42 Å². The lowest BCUT2D eigenvalue weighted by Crippen LogP contribution is -2.27. The molecule has 1 rings (SSSR count). The van der Waals surface area contributed by atoms with Gasteiger partial charge >= 0.3 is 0 Å². The smallest absolute Gasteiger partial charge is 0.224 e. The number of carbonyl (C=O) groups excluding carboxylic acids is 1. The maximum Gasteiger partial charge on any atom is 0.224 e. The summed E-state index contributed by atoms with van der Waals surface area (Å²) in [6.45, 7) is 0.731. The highest BCUT2D eigenvalue weighted by atomic mass is 32.2. The zero-order chi connectivity index (χ0) is 11.1. The van der Waals surface area contributed by atoms with Crippen molar-refractivity contribution in [3.8, 4) is 0 Å². The summed E-state index contributed by atoms with van der Waals surface area (Å²) in [7, 11) is 0. The van der Waals surface area contributed by atoms with Crippen LogP contribution in [0.3, 0.4) is 0 Å². The molecular weight excluding hydrogens is 208 g/mol. The van der Waals surface area contributed by atoms with Gasteiger partial charge in [-0.05, 0) is 24.0 Å². The van der Waals surface area contributed by atoms with E-state index in [0.717, 1.165) is 23.5 Å². The first-order chi connectivity index (χ1) is 7.22. The van der Waals surface area contributed by atoms with Crippen molar-refractivity contribution < 1.29 is 4.79 Å². The largest absolute Gasteiger partial charge is 0.399 e. The average Bonchev–Trinajstić information content (AvgIpc) is 2.22. The molecule has 82 valence electrons. The molecule has 0 atom stereocenters. The van der Waals surface area contributed by atoms with Crippen LogP contribution in [0.15, 0.2) is 24.3 Å². The highest BCUT2D eigenvalue weighted by molar-refractivity contribution is 7.98. The minimum atomic E-state index is 0.0637. The zero-order valence-electron chi connectivity index (χ0n) is 8.82. The van der Waals surface area contributed by atoms with Crippen molar-refractivity contribution in [2.45, 2.75) is 6.42 Å². The third kappa shape index (κ3) is 4.74. The number of hydrogen-bond acceptors (Lipinski definition) is 3. The molecule has 0 aliphatic heterocycles. The number of hydrogen-bond donors (Lipinski definition) is 2. The van der Waals surface area contributed by atoms with Crippen LogP contribution in [0.2, 0.25) is 0 Å². The summed E-state index contributed by atoms with van der Waals surface area (Å²) in [5.41, 5.74) is 7.27. The van der Waals surface area contributed by atoms with Gasteiger partial charge < -0.3 is 11.1 Å². The molecule has 0 bridgehead atoms. The molecule has 3 nitrogen and oxygen atoms in total. The summed E-state index contributed by atoms with van der Waals surface area (Å²) in [5, 5.41) is 2.86. The van der Waals surface area contributed by atoms with Gasteiger partial charge in [0.25, 0.3) is 0 Å². The minimum Gasteiger partial charge on any atom is -0.399 e. The fourth-order valence-electron chi connectivity index (χ4n) is 1.18. The number of nitrogens with two attached hydrogens (primary N) is 1. The van der Waals surface area contributed by atoms with Crippen LogP contribution in [0.4, 0.5) is 5.69 Å². The van der Waals surface area contributed by atoms with Gasteiger partial charge in [-0.1, -0.05) is 12.1 Å². The van der Waals surface area contributed by atoms with Gasteiger partial charge in [0, 0.05) is 18.0 Å². The number of benzene rings is 1. The van der Waals surface area contributed by atoms with Gasteiger partial charge in [-0.3, -0.25) is 4.79 Å². The minimum absolute atomic E-state index is 0.0637. The van der Waals surface area contributed by atoms with Crippen LogP contribution in [0.25, 0.3) is 0 Å². The quantitative estimate of drug-likeness (QED) is 0.585. The number of amides is 1. The number of carbonyl (C=O) groups is 1. The molecule has 15 heavy (non-hydrogen) atoms. The molecule has 1 aromatic carbocycles. The monoisotopic (exact) mass is 224 g/mol. The molecular formula is C11H16N2OS. The van der Waals surface area contributed by atoms with E-state index in [1.807, 2.05) is 30.5 Å². The number of nitrogen functional groups attached to an aromatic ring is 1. The molecule has 0 saturated heterocycles. The van der Waals surface area contributed by atoms with Crippen LogP contribution in [-0.2, 0) is 11.2 Å². The third-order valence-electron chi connectivity index (χ3n) is 1.97. The summed E-state index contributed by atoms with van der Waals surface area (Å²) in [4.78, 5) is 11.4. The van der Waals surface area contributed by atoms with E-state index in [2.05, 4.69) is 5.32 Å². The van der Waals surface area contributed by atoms with E-state index in [-0.39, 0.29) is 5.91 Å². The predicted molar refractivity (Wildman–Crippen MR) is 66.0 cm³/mol. The van der Waals surface area contributed by atoms with E-state index in [9.17, 15) is 4.79 Å². The molecule has 0 aliphatic carbocycles. The Bertz CT molecular complexity index is 311. The molecule has 0 heterocycles. The highest BCUT2D eigenvalue weighted by Gasteiger charge is 2.01. The summed E-state index contributed by atoms with van der Waals surface area (Å²) in [5.74, 6) is 1.02. The second-order valence-electron chi connectivity index (χ2n) is 3.26. The number of nitrogens with one attached hydrogen (secondary N) is 1. The summed E-state index contributed by atoms with van der Waals surface area (Å²) in [6.07, 6.45) is 2.45. The van der Waals surface area contributed by atoms with Gasteiger partial charge in [-0.25, -0.2) is 0 Å². The highest BCUT2D eigenvalue weighted by Crippen LogP contribution is 2.05. The van der Waals surface area contributed by atoms with E-state index < -0.39 is 0 Å². The van der Waals surface area contributed by atoms with Gasteiger partial charge in [0.2, 0.25) is 5.91 Å². The molecule has 0 aliphatic rings. The Balaban J connectivity index is 2.34. The van der Waals surface area contributed by atoms with Gasteiger partial charge in [-0.2, -0.15) is 11.8 Å². The van der Waals surface area contributed by atoms with Gasteiger partial charge in [-0.15, -0.1) is 0 Å². The lowest BCUT2D eigenvalue weighted by Gasteiger charge is -2.04. The zero-order valence-corrected chi connectivity index (χ0v) is 9.64. The van der Waals surface area contributed by atoms with E-state index in [1.165, 1.54) is 0 Å². The molecule has 4 heteroatoms. The molecule has 1 amide bonds. The van der Waals surface area contributed by atoms with Crippen LogP contribution < -0.4 is 11.1 Å². The second-order valence-corrected chi connectivity index (χ2v) is 4.25. The fraction of sp³-hybridized carbons (Fsp3) is 0.364. The third-order valence-corrected chi connectivity index (χ3v) is 2.59. The molecule has 3 N–H and O–H groups in total. The van der Waals surface area contributed by atoms with Crippen molar-refractivity contribution in [2.24, 2.45) is 0 Å². The van der Waals surface area contributed by atoms with Crippen molar-refractivity contribution >= 4 is 23.4 Å². The van der Waals surface area contributed by atoms with Crippen molar-refractivity contribution in [3.05, 3.63) is 29.8 Å². The Morgan fingerprint density at radius 3 is 2.67 bits per heavy atom. The molecule has 0 unspecified atom stereocenters. The Kier molecular flexibility index (Phi) is 5.04. The maximum absolute atomic E-state index is 11.4. The molecule has 0 radical (unpaired) electrons. The average molecular weight is 224 g/mol. The molecule has 0 aromatic heterocycles. The maximum atomic E-state index is 11.4. The standard InChI is InChI=1S/C11H16N2OS/c1-15-7-6-13-11(14)8-9-2-4-10(12)5-3-9/h2-5H,6-8,12H2,1H3,(H,13,14). The summed E-state index contributed by atoms with van der Waals surface area (Å²) < 4.78 is 0. The van der Waals surface area contributed by atoms with Crippen LogP contribution in [0.1, 0.15) is 5.56 Å². The first-order valence-corrected chi connectivity index (χ1v) is 6.22. The van der Waals surface area contributed by atoms with E-state index in [1.54, 1.807) is 11.8 Å². The Morgan fingerprint density at radius 2 is 2.07 bits per heavy atom. The van der Waals surface area contributed by atoms with Crippen LogP contribution in [0, 0.1) is 0 Å². The lowest BCUT2D eigenvalue weighted by atomic mass is 10.1. The number of rotatable bonds is 5. The van der Waals surface area contributed by atoms with E-state index in [4.69, 9.17) is 5.73 Å². The Labute approximate surface area is 94.4 Å². The SMILES string of the molecule is CSCCNC(=O)Cc1ccc(N)cc1. The molecule has 0 spiro atoms. The number of thioether (sulfide) groups is 1. The van der Waals surface area contributed by atoms with Crippen molar-refractivity contribution in [2.75, 3.05) is 24.3 Å². The van der Waals surface area contributed by atoms with Crippen molar-refractivity contribution in [1.29, 1.82) is 0 Å². The molecule has 0 fully saturated rings. The second kappa shape index (κ2) is 6.35. The van der Waals surface area contributed by atoms with Crippen molar-refractivity contribution in [3.63, 3.8) is 0 Å².